The Balaban J connectivity index is 1.77. The van der Waals surface area contributed by atoms with Gasteiger partial charge in [0.15, 0.2) is 5.13 Å². The first-order chi connectivity index (χ1) is 17.8. The first-order valence-electron chi connectivity index (χ1n) is 11.5. The van der Waals surface area contributed by atoms with Crippen LogP contribution in [0.2, 0.25) is 0 Å². The maximum absolute atomic E-state index is 13.1. The molecule has 0 bridgehead atoms. The fraction of sp³-hybridized carbons (Fsp3) is 0.478. The third-order valence-corrected chi connectivity index (χ3v) is 7.37. The maximum atomic E-state index is 13.1. The van der Waals surface area contributed by atoms with E-state index in [0.29, 0.717) is 17.2 Å². The van der Waals surface area contributed by atoms with Crippen LogP contribution in [0.1, 0.15) is 39.8 Å². The second-order valence-corrected chi connectivity index (χ2v) is 11.2. The van der Waals surface area contributed by atoms with Gasteiger partial charge in [-0.1, -0.05) is 13.0 Å². The molecule has 1 fully saturated rings. The van der Waals surface area contributed by atoms with Gasteiger partial charge in [0.1, 0.15) is 23.7 Å². The number of hydrogen-bond donors (Lipinski definition) is 3. The number of aromatic nitrogens is 1. The number of β-lactam (4-membered cyclic amide) rings is 1. The van der Waals surface area contributed by atoms with Crippen molar-refractivity contribution in [3.63, 3.8) is 0 Å². The molecule has 0 unspecified atom stereocenters. The molecular weight excluding hydrogens is 538 g/mol. The molecule has 0 aromatic carbocycles. The number of amides is 3. The van der Waals surface area contributed by atoms with Crippen LogP contribution in [0.3, 0.4) is 0 Å². The van der Waals surface area contributed by atoms with Gasteiger partial charge in [-0.05, 0) is 27.2 Å². The van der Waals surface area contributed by atoms with E-state index in [1.165, 1.54) is 23.1 Å². The fourth-order valence-corrected chi connectivity index (χ4v) is 5.40. The highest BCUT2D eigenvalue weighted by Crippen LogP contribution is 2.41. The number of fused-ring (bicyclic) bond motifs is 1. The van der Waals surface area contributed by atoms with Crippen LogP contribution < -0.4 is 16.8 Å². The zero-order chi connectivity index (χ0) is 28.2. The van der Waals surface area contributed by atoms with Crippen molar-refractivity contribution in [2.24, 2.45) is 11.1 Å². The lowest BCUT2D eigenvalue weighted by atomic mass is 9.98. The average Bonchev–Trinajstić information content (AvgIpc) is 3.28. The number of nitrogens with zero attached hydrogens (tertiary/aromatic N) is 2. The molecule has 5 N–H and O–H groups in total. The molecule has 38 heavy (non-hydrogen) atoms. The minimum absolute atomic E-state index is 0.158. The Labute approximate surface area is 226 Å². The molecule has 2 aliphatic heterocycles. The number of allylic oxidation sites excluding steroid dienone is 1. The molecule has 206 valence electrons. The van der Waals surface area contributed by atoms with Gasteiger partial charge in [-0.25, -0.2) is 14.6 Å². The summed E-state index contributed by atoms with van der Waals surface area (Å²) in [6, 6.07) is -0.941. The Morgan fingerprint density at radius 1 is 1.24 bits per heavy atom. The van der Waals surface area contributed by atoms with Crippen LogP contribution in [-0.4, -0.2) is 70.3 Å². The number of nitrogens with one attached hydrogen (secondary N) is 1. The van der Waals surface area contributed by atoms with Gasteiger partial charge in [0.25, 0.3) is 11.8 Å². The molecule has 3 rings (SSSR count). The van der Waals surface area contributed by atoms with Crippen LogP contribution in [0.5, 0.6) is 0 Å². The first-order valence-corrected chi connectivity index (χ1v) is 13.4. The molecular formula is C23H29N5O8S2. The number of rotatable bonds is 9. The van der Waals surface area contributed by atoms with Gasteiger partial charge >= 0.3 is 18.0 Å². The molecule has 2 aliphatic rings. The van der Waals surface area contributed by atoms with E-state index in [4.69, 9.17) is 25.7 Å². The van der Waals surface area contributed by atoms with Gasteiger partial charge in [0, 0.05) is 16.7 Å². The van der Waals surface area contributed by atoms with Crippen molar-refractivity contribution < 1.29 is 38.2 Å². The lowest BCUT2D eigenvalue weighted by molar-refractivity contribution is -0.173. The molecule has 3 heterocycles. The summed E-state index contributed by atoms with van der Waals surface area (Å²) >= 11 is 2.45. The standard InChI is InChI=1S/C23H29N5O8S2/c1-5-6-12(13-9-38-21(24)26-13)16(29)27-14-17(30)28-15(11(7-34-22(25)33)8-37-18(14)28)19(31)35-10-36-20(32)23(2,3)4/h6,9,14,18H,5,7-8,10H2,1-4H3,(H2,24,26)(H2,25,33)(H,27,29)/b12-6+/t14-,18-/m0/s1. The van der Waals surface area contributed by atoms with Crippen LogP contribution in [0, 0.1) is 5.41 Å². The monoisotopic (exact) mass is 567 g/mol. The number of thiazole rings is 1. The van der Waals surface area contributed by atoms with Gasteiger partial charge in [-0.15, -0.1) is 23.1 Å². The third kappa shape index (κ3) is 6.45. The van der Waals surface area contributed by atoms with Crippen molar-refractivity contribution in [2.75, 3.05) is 24.9 Å². The summed E-state index contributed by atoms with van der Waals surface area (Å²) in [4.78, 5) is 67.6. The Hall–Kier alpha value is -3.59. The lowest BCUT2D eigenvalue weighted by Crippen LogP contribution is -2.70. The molecule has 0 radical (unpaired) electrons. The van der Waals surface area contributed by atoms with E-state index in [2.05, 4.69) is 10.3 Å². The van der Waals surface area contributed by atoms with E-state index in [9.17, 15) is 24.0 Å². The summed E-state index contributed by atoms with van der Waals surface area (Å²) < 4.78 is 14.9. The van der Waals surface area contributed by atoms with E-state index >= 15 is 0 Å². The van der Waals surface area contributed by atoms with Gasteiger partial charge in [-0.2, -0.15) is 0 Å². The molecule has 0 aliphatic carbocycles. The fourth-order valence-electron chi connectivity index (χ4n) is 3.51. The highest BCUT2D eigenvalue weighted by atomic mass is 32.2. The number of carbonyl (C=O) groups excluding carboxylic acids is 5. The number of thioether (sulfide) groups is 1. The smallest absolute Gasteiger partial charge is 0.404 e. The van der Waals surface area contributed by atoms with E-state index in [1.54, 1.807) is 32.2 Å². The molecule has 1 aromatic heterocycles. The highest BCUT2D eigenvalue weighted by molar-refractivity contribution is 8.00. The molecule has 13 nitrogen and oxygen atoms in total. The number of hydrogen-bond acceptors (Lipinski definition) is 12. The minimum Gasteiger partial charge on any atom is -0.445 e. The first kappa shape index (κ1) is 29.0. The van der Waals surface area contributed by atoms with Crippen LogP contribution in [0.4, 0.5) is 9.93 Å². The molecule has 1 aromatic rings. The van der Waals surface area contributed by atoms with Crippen LogP contribution in [0.25, 0.3) is 5.57 Å². The van der Waals surface area contributed by atoms with Crippen molar-refractivity contribution in [1.82, 2.24) is 15.2 Å². The molecule has 0 spiro atoms. The lowest BCUT2D eigenvalue weighted by Gasteiger charge is -2.49. The predicted octanol–water partition coefficient (Wildman–Crippen LogP) is 1.36. The second-order valence-electron chi connectivity index (χ2n) is 9.25. The van der Waals surface area contributed by atoms with E-state index in [1.807, 2.05) is 6.92 Å². The average molecular weight is 568 g/mol. The van der Waals surface area contributed by atoms with Crippen LogP contribution >= 0.6 is 23.1 Å². The van der Waals surface area contributed by atoms with Crippen molar-refractivity contribution >= 4 is 63.6 Å². The Morgan fingerprint density at radius 3 is 2.53 bits per heavy atom. The minimum atomic E-state index is -1.06. The number of nitrogen functional groups attached to an aromatic ring is 1. The molecule has 2 atom stereocenters. The summed E-state index contributed by atoms with van der Waals surface area (Å²) in [6.07, 6.45) is 1.17. The third-order valence-electron chi connectivity index (χ3n) is 5.36. The van der Waals surface area contributed by atoms with Gasteiger partial charge in [0.05, 0.1) is 16.7 Å². The summed E-state index contributed by atoms with van der Waals surface area (Å²) in [6.45, 7) is 5.74. The number of nitrogens with two attached hydrogens (primary N) is 2. The van der Waals surface area contributed by atoms with Crippen molar-refractivity contribution in [3.8, 4) is 0 Å². The largest absolute Gasteiger partial charge is 0.445 e. The Morgan fingerprint density at radius 2 is 1.95 bits per heavy atom. The molecule has 1 saturated heterocycles. The SMILES string of the molecule is CC/C=C(/C(=O)N[C@H]1C(=O)N2C(C(=O)OCOC(=O)C(C)(C)C)=C(COC(N)=O)CS[C@@H]12)c1csc(N)n1. The number of esters is 2. The number of anilines is 1. The summed E-state index contributed by atoms with van der Waals surface area (Å²) in [7, 11) is 0. The van der Waals surface area contributed by atoms with Crippen molar-refractivity contribution in [1.29, 1.82) is 0 Å². The maximum Gasteiger partial charge on any atom is 0.404 e. The zero-order valence-electron chi connectivity index (χ0n) is 21.3. The highest BCUT2D eigenvalue weighted by Gasteiger charge is 2.54. The van der Waals surface area contributed by atoms with Gasteiger partial charge in [-0.3, -0.25) is 19.3 Å². The zero-order valence-corrected chi connectivity index (χ0v) is 22.9. The Kier molecular flexibility index (Phi) is 9.04. The van der Waals surface area contributed by atoms with Crippen LogP contribution in [-0.2, 0) is 33.4 Å². The molecule has 0 saturated carbocycles. The predicted molar refractivity (Wildman–Crippen MR) is 139 cm³/mol. The second kappa shape index (κ2) is 11.9. The quantitative estimate of drug-likeness (QED) is 0.169. The number of ether oxygens (including phenoxy) is 3. The van der Waals surface area contributed by atoms with E-state index in [0.717, 1.165) is 4.90 Å². The molecule has 3 amide bonds. The van der Waals surface area contributed by atoms with Gasteiger partial charge in [0.2, 0.25) is 6.79 Å². The van der Waals surface area contributed by atoms with E-state index in [-0.39, 0.29) is 29.2 Å². The van der Waals surface area contributed by atoms with Crippen molar-refractivity contribution in [3.05, 3.63) is 28.4 Å². The van der Waals surface area contributed by atoms with Crippen molar-refractivity contribution in [2.45, 2.75) is 45.5 Å². The summed E-state index contributed by atoms with van der Waals surface area (Å²) in [5, 5.41) is 4.03. The van der Waals surface area contributed by atoms with Gasteiger partial charge < -0.3 is 31.0 Å². The van der Waals surface area contributed by atoms with E-state index < -0.39 is 53.5 Å². The normalized spacial score (nSPS) is 19.3. The topological polar surface area (TPSA) is 193 Å². The summed E-state index contributed by atoms with van der Waals surface area (Å²) in [5.41, 5.74) is 10.7. The van der Waals surface area contributed by atoms with Crippen LogP contribution in [0.15, 0.2) is 22.7 Å². The number of carbonyl (C=O) groups is 5. The molecule has 15 heteroatoms. The number of primary amides is 1. The Bertz CT molecular complexity index is 1200. The summed E-state index contributed by atoms with van der Waals surface area (Å²) in [5.74, 6) is -2.45.